The highest BCUT2D eigenvalue weighted by Crippen LogP contribution is 2.32. The highest BCUT2D eigenvalue weighted by molar-refractivity contribution is 7.90. The van der Waals surface area contributed by atoms with Gasteiger partial charge >= 0.3 is 12.2 Å². The molecule has 2 saturated heterocycles. The van der Waals surface area contributed by atoms with Gasteiger partial charge in [-0.1, -0.05) is 0 Å². The first-order valence-corrected chi connectivity index (χ1v) is 13.4. The Bertz CT molecular complexity index is 1300. The van der Waals surface area contributed by atoms with E-state index in [1.165, 1.54) is 4.90 Å². The van der Waals surface area contributed by atoms with E-state index >= 15 is 0 Å². The van der Waals surface area contributed by atoms with E-state index in [1.807, 2.05) is 0 Å². The van der Waals surface area contributed by atoms with Gasteiger partial charge in [0.25, 0.3) is 0 Å². The van der Waals surface area contributed by atoms with E-state index in [-0.39, 0.29) is 36.4 Å². The minimum absolute atomic E-state index is 0.0102. The Balaban J connectivity index is 1.33. The lowest BCUT2D eigenvalue weighted by Gasteiger charge is -2.37. The molecule has 7 nitrogen and oxygen atoms in total. The molecular formula is C23H24F6N4O3S. The van der Waals surface area contributed by atoms with Crippen LogP contribution in [-0.2, 0) is 22.4 Å². The van der Waals surface area contributed by atoms with E-state index in [0.29, 0.717) is 57.4 Å². The highest BCUT2D eigenvalue weighted by Gasteiger charge is 2.37. The molecule has 0 aliphatic carbocycles. The number of hydrogen-bond donors (Lipinski definition) is 0. The summed E-state index contributed by atoms with van der Waals surface area (Å²) in [6.07, 6.45) is -2.42. The summed E-state index contributed by atoms with van der Waals surface area (Å²) in [4.78, 5) is 20.5. The normalized spacial score (nSPS) is 17.7. The summed E-state index contributed by atoms with van der Waals surface area (Å²) in [5.74, 6) is -3.16. The predicted molar refractivity (Wildman–Crippen MR) is 121 cm³/mol. The SMILES string of the molecule is CS(=O)(=O)c1cc(F)c(CCN2CCN(C3CCN(c4ncc(C(F)(F)F)cc4F)CC3)C2=O)cc1F. The fourth-order valence-corrected chi connectivity index (χ4v) is 5.39. The third kappa shape index (κ3) is 5.78. The zero-order valence-corrected chi connectivity index (χ0v) is 20.5. The summed E-state index contributed by atoms with van der Waals surface area (Å²) in [6.45, 7) is 1.45. The molecule has 1 aromatic heterocycles. The average Bonchev–Trinajstić information content (AvgIpc) is 3.18. The van der Waals surface area contributed by atoms with Gasteiger partial charge in [0.2, 0.25) is 0 Å². The van der Waals surface area contributed by atoms with Gasteiger partial charge in [-0.25, -0.2) is 31.4 Å². The Morgan fingerprint density at radius 1 is 0.973 bits per heavy atom. The van der Waals surface area contributed by atoms with Crippen molar-refractivity contribution in [1.29, 1.82) is 0 Å². The first-order valence-electron chi connectivity index (χ1n) is 11.5. The summed E-state index contributed by atoms with van der Waals surface area (Å²) in [5, 5.41) is 0. The van der Waals surface area contributed by atoms with Crippen LogP contribution in [0.25, 0.3) is 0 Å². The molecule has 2 amide bonds. The van der Waals surface area contributed by atoms with Crippen molar-refractivity contribution in [1.82, 2.24) is 14.8 Å². The van der Waals surface area contributed by atoms with E-state index in [2.05, 4.69) is 4.98 Å². The summed E-state index contributed by atoms with van der Waals surface area (Å²) in [6, 6.07) is 1.43. The van der Waals surface area contributed by atoms with Crippen LogP contribution in [0, 0.1) is 17.5 Å². The summed E-state index contributed by atoms with van der Waals surface area (Å²) in [7, 11) is -3.92. The van der Waals surface area contributed by atoms with Gasteiger partial charge in [0.15, 0.2) is 21.5 Å². The van der Waals surface area contributed by atoms with Gasteiger partial charge in [0, 0.05) is 51.2 Å². The molecular weight excluding hydrogens is 526 g/mol. The largest absolute Gasteiger partial charge is 0.417 e. The van der Waals surface area contributed by atoms with Crippen molar-refractivity contribution in [2.45, 2.75) is 36.4 Å². The number of piperidine rings is 1. The Morgan fingerprint density at radius 2 is 1.65 bits per heavy atom. The Morgan fingerprint density at radius 3 is 2.24 bits per heavy atom. The van der Waals surface area contributed by atoms with Gasteiger partial charge in [0.05, 0.1) is 5.56 Å². The van der Waals surface area contributed by atoms with Crippen LogP contribution in [0.1, 0.15) is 24.0 Å². The van der Waals surface area contributed by atoms with Crippen LogP contribution < -0.4 is 4.90 Å². The van der Waals surface area contributed by atoms with Crippen molar-refractivity contribution in [2.24, 2.45) is 0 Å². The molecule has 0 spiro atoms. The monoisotopic (exact) mass is 550 g/mol. The molecule has 0 radical (unpaired) electrons. The van der Waals surface area contributed by atoms with E-state index in [4.69, 9.17) is 0 Å². The number of amides is 2. The second-order valence-electron chi connectivity index (χ2n) is 9.10. The third-order valence-corrected chi connectivity index (χ3v) is 7.74. The maximum atomic E-state index is 14.3. The summed E-state index contributed by atoms with van der Waals surface area (Å²) < 4.78 is 104. The van der Waals surface area contributed by atoms with Crippen LogP contribution in [0.15, 0.2) is 29.3 Å². The number of benzene rings is 1. The van der Waals surface area contributed by atoms with Crippen LogP contribution in [0.4, 0.5) is 37.0 Å². The molecule has 14 heteroatoms. The third-order valence-electron chi connectivity index (χ3n) is 6.63. The van der Waals surface area contributed by atoms with E-state index < -0.39 is 43.9 Å². The molecule has 202 valence electrons. The molecule has 2 aliphatic rings. The number of sulfone groups is 1. The van der Waals surface area contributed by atoms with Gasteiger partial charge in [-0.15, -0.1) is 0 Å². The lowest BCUT2D eigenvalue weighted by Crippen LogP contribution is -2.47. The topological polar surface area (TPSA) is 73.8 Å². The zero-order chi connectivity index (χ0) is 27.1. The molecule has 0 atom stereocenters. The Hall–Kier alpha value is -3.03. The number of nitrogens with zero attached hydrogens (tertiary/aromatic N) is 4. The number of rotatable bonds is 6. The second kappa shape index (κ2) is 10.0. The molecule has 2 aromatic rings. The average molecular weight is 551 g/mol. The van der Waals surface area contributed by atoms with E-state index in [9.17, 15) is 39.6 Å². The minimum atomic E-state index is -4.69. The number of alkyl halides is 3. The Labute approximate surface area is 209 Å². The molecule has 2 aliphatic heterocycles. The van der Waals surface area contributed by atoms with E-state index in [0.717, 1.165) is 12.3 Å². The second-order valence-corrected chi connectivity index (χ2v) is 11.1. The van der Waals surface area contributed by atoms with Crippen molar-refractivity contribution < 1.29 is 39.6 Å². The van der Waals surface area contributed by atoms with Crippen molar-refractivity contribution in [3.05, 3.63) is 53.0 Å². The van der Waals surface area contributed by atoms with Gasteiger partial charge in [-0.3, -0.25) is 0 Å². The van der Waals surface area contributed by atoms with Crippen LogP contribution in [-0.4, -0.2) is 74.3 Å². The molecule has 0 bridgehead atoms. The molecule has 37 heavy (non-hydrogen) atoms. The quantitative estimate of drug-likeness (QED) is 0.511. The smallest absolute Gasteiger partial charge is 0.354 e. The summed E-state index contributed by atoms with van der Waals surface area (Å²) in [5.41, 5.74) is -1.21. The number of urea groups is 1. The van der Waals surface area contributed by atoms with Crippen molar-refractivity contribution >= 4 is 21.7 Å². The van der Waals surface area contributed by atoms with Gasteiger partial charge < -0.3 is 14.7 Å². The maximum Gasteiger partial charge on any atom is 0.417 e. The number of hydrogen-bond acceptors (Lipinski definition) is 5. The minimum Gasteiger partial charge on any atom is -0.354 e. The number of carbonyl (C=O) groups excluding carboxylic acids is 1. The first-order chi connectivity index (χ1) is 17.3. The van der Waals surface area contributed by atoms with Crippen molar-refractivity contribution in [3.63, 3.8) is 0 Å². The highest BCUT2D eigenvalue weighted by atomic mass is 32.2. The molecule has 0 N–H and O–H groups in total. The van der Waals surface area contributed by atoms with Crippen molar-refractivity contribution in [3.8, 4) is 0 Å². The fraction of sp³-hybridized carbons (Fsp3) is 0.478. The number of pyridine rings is 1. The maximum absolute atomic E-state index is 14.3. The lowest BCUT2D eigenvalue weighted by atomic mass is 10.0. The predicted octanol–water partition coefficient (Wildman–Crippen LogP) is 3.87. The molecule has 0 saturated carbocycles. The molecule has 0 unspecified atom stereocenters. The molecule has 4 rings (SSSR count). The summed E-state index contributed by atoms with van der Waals surface area (Å²) >= 11 is 0. The zero-order valence-electron chi connectivity index (χ0n) is 19.7. The van der Waals surface area contributed by atoms with Crippen molar-refractivity contribution in [2.75, 3.05) is 43.9 Å². The number of halogens is 6. The number of anilines is 1. The van der Waals surface area contributed by atoms with Crippen LogP contribution in [0.3, 0.4) is 0 Å². The van der Waals surface area contributed by atoms with Gasteiger partial charge in [-0.2, -0.15) is 13.2 Å². The molecule has 3 heterocycles. The van der Waals surface area contributed by atoms with Gasteiger partial charge in [0.1, 0.15) is 16.5 Å². The standard InChI is InChI=1S/C23H24F6N4O3S/c1-37(35,36)20-12-17(24)14(10-18(20)25)2-5-32-8-9-33(22(32)34)16-3-6-31(7-4-16)21-19(26)11-15(13-30-21)23(27,28)29/h10-13,16H,2-9H2,1H3. The Kier molecular flexibility index (Phi) is 7.32. The lowest BCUT2D eigenvalue weighted by molar-refractivity contribution is -0.138. The van der Waals surface area contributed by atoms with E-state index in [1.54, 1.807) is 9.80 Å². The number of carbonyl (C=O) groups is 1. The first kappa shape index (κ1) is 27.0. The van der Waals surface area contributed by atoms with Gasteiger partial charge in [-0.05, 0) is 43.0 Å². The fourth-order valence-electron chi connectivity index (χ4n) is 4.66. The van der Waals surface area contributed by atoms with Crippen LogP contribution in [0.2, 0.25) is 0 Å². The molecule has 2 fully saturated rings. The molecule has 1 aromatic carbocycles. The van der Waals surface area contributed by atoms with Crippen LogP contribution >= 0.6 is 0 Å². The number of aromatic nitrogens is 1. The van der Waals surface area contributed by atoms with Crippen LogP contribution in [0.5, 0.6) is 0 Å².